The number of carbonyl (C=O) groups is 2. The topological polar surface area (TPSA) is 58.6 Å². The van der Waals surface area contributed by atoms with Gasteiger partial charge in [0.05, 0.1) is 13.7 Å². The van der Waals surface area contributed by atoms with E-state index in [1.165, 1.54) is 24.9 Å². The molecule has 1 unspecified atom stereocenters. The molecule has 6 heteroatoms. The van der Waals surface area contributed by atoms with Crippen molar-refractivity contribution in [2.24, 2.45) is 5.92 Å². The van der Waals surface area contributed by atoms with Gasteiger partial charge in [-0.3, -0.25) is 9.69 Å². The lowest BCUT2D eigenvalue weighted by Crippen LogP contribution is -2.39. The van der Waals surface area contributed by atoms with Crippen molar-refractivity contribution >= 4 is 28.2 Å². The van der Waals surface area contributed by atoms with Gasteiger partial charge >= 0.3 is 5.97 Å². The molecule has 1 saturated heterocycles. The van der Waals surface area contributed by atoms with E-state index in [1.807, 2.05) is 36.6 Å². The van der Waals surface area contributed by atoms with Crippen LogP contribution in [0.2, 0.25) is 0 Å². The lowest BCUT2D eigenvalue weighted by atomic mass is 10.0. The Morgan fingerprint density at radius 1 is 1.30 bits per heavy atom. The first kappa shape index (κ1) is 19.6. The monoisotopic (exact) mass is 386 g/mol. The van der Waals surface area contributed by atoms with E-state index in [4.69, 9.17) is 4.74 Å². The van der Waals surface area contributed by atoms with E-state index in [-0.39, 0.29) is 5.91 Å². The SMILES string of the molecule is COC(=O)c1c(-c2ccc(C)cc2)csc1NC(=O)CN1CCCC(C)C1. The Bertz CT molecular complexity index is 813. The number of rotatable bonds is 5. The Balaban J connectivity index is 1.79. The fraction of sp³-hybridized carbons (Fsp3) is 0.429. The van der Waals surface area contributed by atoms with Crippen LogP contribution < -0.4 is 5.32 Å². The molecule has 0 radical (unpaired) electrons. The predicted octanol–water partition coefficient (Wildman–Crippen LogP) is 4.18. The van der Waals surface area contributed by atoms with Crippen molar-refractivity contribution in [3.8, 4) is 11.1 Å². The van der Waals surface area contributed by atoms with Gasteiger partial charge in [0, 0.05) is 17.5 Å². The van der Waals surface area contributed by atoms with Crippen LogP contribution in [0.5, 0.6) is 0 Å². The average Bonchev–Trinajstić information content (AvgIpc) is 3.05. The number of benzene rings is 1. The van der Waals surface area contributed by atoms with Crippen molar-refractivity contribution in [1.29, 1.82) is 0 Å². The third-order valence-corrected chi connectivity index (χ3v) is 5.80. The Morgan fingerprint density at radius 3 is 2.70 bits per heavy atom. The average molecular weight is 387 g/mol. The number of nitrogens with one attached hydrogen (secondary N) is 1. The number of hydrogen-bond donors (Lipinski definition) is 1. The number of piperidine rings is 1. The molecule has 0 aliphatic carbocycles. The maximum atomic E-state index is 12.5. The van der Waals surface area contributed by atoms with Crippen molar-refractivity contribution in [2.75, 3.05) is 32.1 Å². The number of nitrogens with zero attached hydrogens (tertiary/aromatic N) is 1. The molecule has 1 amide bonds. The number of hydrogen-bond acceptors (Lipinski definition) is 5. The molecule has 2 aromatic rings. The van der Waals surface area contributed by atoms with E-state index in [0.29, 0.717) is 23.0 Å². The summed E-state index contributed by atoms with van der Waals surface area (Å²) < 4.78 is 4.97. The van der Waals surface area contributed by atoms with Gasteiger partial charge in [-0.1, -0.05) is 36.8 Å². The highest BCUT2D eigenvalue weighted by Gasteiger charge is 2.24. The summed E-state index contributed by atoms with van der Waals surface area (Å²) >= 11 is 1.36. The first-order valence-electron chi connectivity index (χ1n) is 9.27. The molecule has 1 aliphatic heterocycles. The van der Waals surface area contributed by atoms with Crippen molar-refractivity contribution < 1.29 is 14.3 Å². The van der Waals surface area contributed by atoms with Crippen LogP contribution in [0.3, 0.4) is 0 Å². The zero-order chi connectivity index (χ0) is 19.4. The first-order valence-corrected chi connectivity index (χ1v) is 10.1. The summed E-state index contributed by atoms with van der Waals surface area (Å²) in [5, 5.41) is 5.37. The summed E-state index contributed by atoms with van der Waals surface area (Å²) in [6.45, 7) is 6.47. The van der Waals surface area contributed by atoms with E-state index in [2.05, 4.69) is 17.1 Å². The van der Waals surface area contributed by atoms with Gasteiger partial charge in [-0.2, -0.15) is 0 Å². The number of esters is 1. The Hall–Kier alpha value is -2.18. The molecular formula is C21H26N2O3S. The van der Waals surface area contributed by atoms with E-state index in [1.54, 1.807) is 0 Å². The second-order valence-electron chi connectivity index (χ2n) is 7.24. The number of carbonyl (C=O) groups excluding carboxylic acids is 2. The number of anilines is 1. The number of aryl methyl sites for hydroxylation is 1. The molecule has 1 aliphatic rings. The van der Waals surface area contributed by atoms with Gasteiger partial charge in [-0.05, 0) is 37.8 Å². The Labute approximate surface area is 164 Å². The largest absolute Gasteiger partial charge is 0.465 e. The first-order chi connectivity index (χ1) is 13.0. The van der Waals surface area contributed by atoms with Crippen molar-refractivity contribution in [2.45, 2.75) is 26.7 Å². The van der Waals surface area contributed by atoms with E-state index >= 15 is 0 Å². The third-order valence-electron chi connectivity index (χ3n) is 4.90. The van der Waals surface area contributed by atoms with Gasteiger partial charge in [0.2, 0.25) is 5.91 Å². The second-order valence-corrected chi connectivity index (χ2v) is 8.12. The molecule has 0 spiro atoms. The zero-order valence-electron chi connectivity index (χ0n) is 16.1. The standard InChI is InChI=1S/C21H26N2O3S/c1-14-6-8-16(9-7-14)17-13-27-20(19(17)21(25)26-3)22-18(24)12-23-10-4-5-15(2)11-23/h6-9,13,15H,4-5,10-12H2,1-3H3,(H,22,24). The summed E-state index contributed by atoms with van der Waals surface area (Å²) in [4.78, 5) is 27.1. The number of ether oxygens (including phenoxy) is 1. The molecule has 1 fully saturated rings. The minimum atomic E-state index is -0.436. The zero-order valence-corrected chi connectivity index (χ0v) is 16.9. The molecule has 0 saturated carbocycles. The minimum absolute atomic E-state index is 0.0911. The fourth-order valence-electron chi connectivity index (χ4n) is 3.50. The Morgan fingerprint density at radius 2 is 2.04 bits per heavy atom. The summed E-state index contributed by atoms with van der Waals surface area (Å²) in [6, 6.07) is 7.96. The second kappa shape index (κ2) is 8.67. The van der Waals surface area contributed by atoms with Crippen LogP contribution in [-0.2, 0) is 9.53 Å². The van der Waals surface area contributed by atoms with Crippen LogP contribution in [0.4, 0.5) is 5.00 Å². The fourth-order valence-corrected chi connectivity index (χ4v) is 4.47. The van der Waals surface area contributed by atoms with Gasteiger partial charge in [0.25, 0.3) is 0 Å². The maximum absolute atomic E-state index is 12.5. The lowest BCUT2D eigenvalue weighted by molar-refractivity contribution is -0.117. The van der Waals surface area contributed by atoms with E-state index in [0.717, 1.165) is 36.2 Å². The van der Waals surface area contributed by atoms with Crippen LogP contribution in [-0.4, -0.2) is 43.5 Å². The van der Waals surface area contributed by atoms with Crippen molar-refractivity contribution in [3.63, 3.8) is 0 Å². The van der Waals surface area contributed by atoms with Crippen molar-refractivity contribution in [1.82, 2.24) is 4.90 Å². The van der Waals surface area contributed by atoms with Crippen LogP contribution in [0.25, 0.3) is 11.1 Å². The molecule has 1 aromatic carbocycles. The molecule has 1 N–H and O–H groups in total. The predicted molar refractivity (Wildman–Crippen MR) is 109 cm³/mol. The van der Waals surface area contributed by atoms with E-state index < -0.39 is 5.97 Å². The Kier molecular flexibility index (Phi) is 6.29. The lowest BCUT2D eigenvalue weighted by Gasteiger charge is -2.30. The van der Waals surface area contributed by atoms with Crippen LogP contribution in [0.1, 0.15) is 35.7 Å². The highest BCUT2D eigenvalue weighted by atomic mass is 32.1. The normalized spacial score (nSPS) is 17.5. The quantitative estimate of drug-likeness (QED) is 0.783. The van der Waals surface area contributed by atoms with Crippen LogP contribution in [0, 0.1) is 12.8 Å². The van der Waals surface area contributed by atoms with Gasteiger partial charge < -0.3 is 10.1 Å². The number of thiophene rings is 1. The number of methoxy groups -OCH3 is 1. The van der Waals surface area contributed by atoms with E-state index in [9.17, 15) is 9.59 Å². The molecule has 5 nitrogen and oxygen atoms in total. The summed E-state index contributed by atoms with van der Waals surface area (Å²) in [5.74, 6) is 0.0901. The molecule has 0 bridgehead atoms. The molecule has 2 heterocycles. The number of amides is 1. The summed E-state index contributed by atoms with van der Waals surface area (Å²) in [6.07, 6.45) is 2.34. The molecule has 1 aromatic heterocycles. The van der Waals surface area contributed by atoms with Gasteiger partial charge in [-0.25, -0.2) is 4.79 Å². The molecule has 27 heavy (non-hydrogen) atoms. The molecule has 144 valence electrons. The smallest absolute Gasteiger partial charge is 0.341 e. The van der Waals surface area contributed by atoms with Crippen LogP contribution >= 0.6 is 11.3 Å². The molecule has 1 atom stereocenters. The van der Waals surface area contributed by atoms with Crippen molar-refractivity contribution in [3.05, 3.63) is 40.8 Å². The third kappa shape index (κ3) is 4.76. The summed E-state index contributed by atoms with van der Waals surface area (Å²) in [5.41, 5.74) is 3.29. The molecule has 3 rings (SSSR count). The highest BCUT2D eigenvalue weighted by molar-refractivity contribution is 7.15. The maximum Gasteiger partial charge on any atom is 0.341 e. The minimum Gasteiger partial charge on any atom is -0.465 e. The summed E-state index contributed by atoms with van der Waals surface area (Å²) in [7, 11) is 1.36. The highest BCUT2D eigenvalue weighted by Crippen LogP contribution is 2.36. The number of likely N-dealkylation sites (tertiary alicyclic amines) is 1. The van der Waals surface area contributed by atoms with Crippen LogP contribution in [0.15, 0.2) is 29.6 Å². The molecular weight excluding hydrogens is 360 g/mol. The van der Waals surface area contributed by atoms with Gasteiger partial charge in [-0.15, -0.1) is 11.3 Å². The van der Waals surface area contributed by atoms with Gasteiger partial charge in [0.1, 0.15) is 10.6 Å². The van der Waals surface area contributed by atoms with Gasteiger partial charge in [0.15, 0.2) is 0 Å².